The van der Waals surface area contributed by atoms with Crippen molar-refractivity contribution in [2.75, 3.05) is 26.0 Å². The van der Waals surface area contributed by atoms with E-state index in [0.717, 1.165) is 31.1 Å². The SMILES string of the molecule is CSc1ccccc1-n1cncc1C1CNCCO1. The fourth-order valence-corrected chi connectivity index (χ4v) is 2.92. The normalized spacial score (nSPS) is 19.5. The van der Waals surface area contributed by atoms with Crippen LogP contribution in [-0.2, 0) is 4.74 Å². The largest absolute Gasteiger partial charge is 0.369 e. The average Bonchev–Trinajstić information content (AvgIpc) is 2.97. The van der Waals surface area contributed by atoms with Crippen LogP contribution in [0, 0.1) is 0 Å². The third-order valence-electron chi connectivity index (χ3n) is 3.27. The molecule has 2 heterocycles. The van der Waals surface area contributed by atoms with Gasteiger partial charge in [-0.15, -0.1) is 11.8 Å². The lowest BCUT2D eigenvalue weighted by Gasteiger charge is -2.25. The van der Waals surface area contributed by atoms with E-state index in [4.69, 9.17) is 4.74 Å². The summed E-state index contributed by atoms with van der Waals surface area (Å²) in [5.41, 5.74) is 2.27. The van der Waals surface area contributed by atoms with Crippen molar-refractivity contribution in [2.24, 2.45) is 0 Å². The highest BCUT2D eigenvalue weighted by atomic mass is 32.2. The van der Waals surface area contributed by atoms with E-state index in [2.05, 4.69) is 45.4 Å². The predicted octanol–water partition coefficient (Wildman–Crippen LogP) is 2.26. The van der Waals surface area contributed by atoms with E-state index >= 15 is 0 Å². The Morgan fingerprint density at radius 3 is 3.11 bits per heavy atom. The van der Waals surface area contributed by atoms with E-state index in [1.807, 2.05) is 12.5 Å². The minimum Gasteiger partial charge on any atom is -0.369 e. The minimum atomic E-state index is 0.0752. The zero-order chi connectivity index (χ0) is 13.1. The second-order valence-electron chi connectivity index (χ2n) is 4.42. The summed E-state index contributed by atoms with van der Waals surface area (Å²) in [5, 5.41) is 3.36. The summed E-state index contributed by atoms with van der Waals surface area (Å²) in [5.74, 6) is 0. The topological polar surface area (TPSA) is 39.1 Å². The third-order valence-corrected chi connectivity index (χ3v) is 4.05. The van der Waals surface area contributed by atoms with Crippen LogP contribution in [0.4, 0.5) is 0 Å². The molecular formula is C14H17N3OS. The van der Waals surface area contributed by atoms with Crippen molar-refractivity contribution in [1.82, 2.24) is 14.9 Å². The number of hydrogen-bond donors (Lipinski definition) is 1. The van der Waals surface area contributed by atoms with E-state index < -0.39 is 0 Å². The van der Waals surface area contributed by atoms with Crippen molar-refractivity contribution in [3.8, 4) is 5.69 Å². The van der Waals surface area contributed by atoms with Crippen molar-refractivity contribution in [1.29, 1.82) is 0 Å². The summed E-state index contributed by atoms with van der Waals surface area (Å²) in [6, 6.07) is 8.36. The van der Waals surface area contributed by atoms with Crippen LogP contribution in [0.1, 0.15) is 11.8 Å². The first kappa shape index (κ1) is 12.7. The molecule has 0 radical (unpaired) electrons. The predicted molar refractivity (Wildman–Crippen MR) is 76.9 cm³/mol. The van der Waals surface area contributed by atoms with Gasteiger partial charge in [0.15, 0.2) is 0 Å². The molecule has 1 aliphatic heterocycles. The number of imidazole rings is 1. The molecule has 1 aromatic heterocycles. The zero-order valence-electron chi connectivity index (χ0n) is 10.9. The van der Waals surface area contributed by atoms with Gasteiger partial charge in [-0.2, -0.15) is 0 Å². The summed E-state index contributed by atoms with van der Waals surface area (Å²) in [6.07, 6.45) is 5.93. The number of rotatable bonds is 3. The molecule has 5 heteroatoms. The maximum atomic E-state index is 5.83. The number of thioether (sulfide) groups is 1. The highest BCUT2D eigenvalue weighted by Gasteiger charge is 2.20. The molecule has 1 saturated heterocycles. The van der Waals surface area contributed by atoms with Crippen LogP contribution in [0.5, 0.6) is 0 Å². The molecule has 3 rings (SSSR count). The molecule has 2 aromatic rings. The summed E-state index contributed by atoms with van der Waals surface area (Å²) in [7, 11) is 0. The second-order valence-corrected chi connectivity index (χ2v) is 5.27. The number of hydrogen-bond acceptors (Lipinski definition) is 4. The zero-order valence-corrected chi connectivity index (χ0v) is 11.7. The van der Waals surface area contributed by atoms with Gasteiger partial charge in [-0.1, -0.05) is 12.1 Å². The first-order valence-electron chi connectivity index (χ1n) is 6.38. The molecule has 1 unspecified atom stereocenters. The molecule has 0 bridgehead atoms. The van der Waals surface area contributed by atoms with Gasteiger partial charge in [-0.3, -0.25) is 4.57 Å². The second kappa shape index (κ2) is 5.77. The van der Waals surface area contributed by atoms with Crippen molar-refractivity contribution >= 4 is 11.8 Å². The van der Waals surface area contributed by atoms with Crippen LogP contribution >= 0.6 is 11.8 Å². The van der Waals surface area contributed by atoms with Gasteiger partial charge in [0.1, 0.15) is 6.10 Å². The fraction of sp³-hybridized carbons (Fsp3) is 0.357. The van der Waals surface area contributed by atoms with Crippen LogP contribution in [0.15, 0.2) is 41.7 Å². The molecule has 0 spiro atoms. The number of para-hydroxylation sites is 1. The summed E-state index contributed by atoms with van der Waals surface area (Å²) < 4.78 is 7.96. The lowest BCUT2D eigenvalue weighted by molar-refractivity contribution is 0.0240. The van der Waals surface area contributed by atoms with E-state index in [9.17, 15) is 0 Å². The molecule has 19 heavy (non-hydrogen) atoms. The first-order chi connectivity index (χ1) is 9.40. The Morgan fingerprint density at radius 2 is 2.32 bits per heavy atom. The fourth-order valence-electron chi connectivity index (χ4n) is 2.33. The lowest BCUT2D eigenvalue weighted by Crippen LogP contribution is -2.34. The minimum absolute atomic E-state index is 0.0752. The van der Waals surface area contributed by atoms with E-state index in [0.29, 0.717) is 0 Å². The van der Waals surface area contributed by atoms with Crippen LogP contribution in [0.2, 0.25) is 0 Å². The third kappa shape index (κ3) is 2.54. The molecule has 4 nitrogen and oxygen atoms in total. The van der Waals surface area contributed by atoms with Gasteiger partial charge in [0.2, 0.25) is 0 Å². The van der Waals surface area contributed by atoms with Gasteiger partial charge in [-0.25, -0.2) is 4.98 Å². The van der Waals surface area contributed by atoms with Gasteiger partial charge >= 0.3 is 0 Å². The molecular weight excluding hydrogens is 258 g/mol. The Hall–Kier alpha value is -1.30. The van der Waals surface area contributed by atoms with Gasteiger partial charge in [0, 0.05) is 18.0 Å². The molecule has 1 atom stereocenters. The number of nitrogens with zero attached hydrogens (tertiary/aromatic N) is 2. The summed E-state index contributed by atoms with van der Waals surface area (Å²) >= 11 is 1.74. The van der Waals surface area contributed by atoms with Gasteiger partial charge < -0.3 is 10.1 Å². The Labute approximate surface area is 117 Å². The first-order valence-corrected chi connectivity index (χ1v) is 7.60. The number of morpholine rings is 1. The van der Waals surface area contributed by atoms with Crippen molar-refractivity contribution < 1.29 is 4.74 Å². The van der Waals surface area contributed by atoms with Crippen molar-refractivity contribution in [2.45, 2.75) is 11.0 Å². The van der Waals surface area contributed by atoms with Crippen LogP contribution < -0.4 is 5.32 Å². The quantitative estimate of drug-likeness (QED) is 0.872. The molecule has 0 saturated carbocycles. The highest BCUT2D eigenvalue weighted by Crippen LogP contribution is 2.27. The van der Waals surface area contributed by atoms with Crippen LogP contribution in [0.25, 0.3) is 5.69 Å². The number of benzene rings is 1. The van der Waals surface area contributed by atoms with Gasteiger partial charge in [0.25, 0.3) is 0 Å². The number of nitrogens with one attached hydrogen (secondary N) is 1. The molecule has 1 aromatic carbocycles. The molecule has 1 N–H and O–H groups in total. The van der Waals surface area contributed by atoms with Crippen LogP contribution in [0.3, 0.4) is 0 Å². The highest BCUT2D eigenvalue weighted by molar-refractivity contribution is 7.98. The maximum Gasteiger partial charge on any atom is 0.112 e. The average molecular weight is 275 g/mol. The maximum absolute atomic E-state index is 5.83. The van der Waals surface area contributed by atoms with E-state index in [-0.39, 0.29) is 6.10 Å². The summed E-state index contributed by atoms with van der Waals surface area (Å²) in [4.78, 5) is 5.54. The van der Waals surface area contributed by atoms with E-state index in [1.54, 1.807) is 11.8 Å². The molecule has 100 valence electrons. The lowest BCUT2D eigenvalue weighted by atomic mass is 10.2. The Morgan fingerprint density at radius 1 is 1.42 bits per heavy atom. The van der Waals surface area contributed by atoms with Crippen LogP contribution in [-0.4, -0.2) is 35.5 Å². The molecule has 1 fully saturated rings. The molecule has 1 aliphatic rings. The number of ether oxygens (including phenoxy) is 1. The Balaban J connectivity index is 1.99. The van der Waals surface area contributed by atoms with E-state index in [1.165, 1.54) is 4.90 Å². The number of aromatic nitrogens is 2. The smallest absolute Gasteiger partial charge is 0.112 e. The van der Waals surface area contributed by atoms with Crippen molar-refractivity contribution in [3.05, 3.63) is 42.5 Å². The van der Waals surface area contributed by atoms with Crippen molar-refractivity contribution in [3.63, 3.8) is 0 Å². The Kier molecular flexibility index (Phi) is 3.87. The molecule has 0 amide bonds. The Bertz CT molecular complexity index is 549. The van der Waals surface area contributed by atoms with Gasteiger partial charge in [0.05, 0.1) is 30.5 Å². The standard InChI is InChI=1S/C14H17N3OS/c1-19-14-5-3-2-4-11(14)17-10-16-8-12(17)13-9-15-6-7-18-13/h2-5,8,10,13,15H,6-7,9H2,1H3. The van der Waals surface area contributed by atoms with Gasteiger partial charge in [-0.05, 0) is 18.4 Å². The monoisotopic (exact) mass is 275 g/mol. The summed E-state index contributed by atoms with van der Waals surface area (Å²) in [6.45, 7) is 2.51. The molecule has 0 aliphatic carbocycles.